The van der Waals surface area contributed by atoms with E-state index in [9.17, 15) is 4.79 Å². The summed E-state index contributed by atoms with van der Waals surface area (Å²) in [5.41, 5.74) is 7.06. The second-order valence-electron chi connectivity index (χ2n) is 4.18. The zero-order valence-corrected chi connectivity index (χ0v) is 11.8. The molecule has 0 bridgehead atoms. The van der Waals surface area contributed by atoms with Crippen molar-refractivity contribution in [2.75, 3.05) is 18.0 Å². The Hall–Kier alpha value is -0.650. The number of anilines is 1. The number of carbonyl (C=O) groups is 1. The summed E-state index contributed by atoms with van der Waals surface area (Å²) in [6, 6.07) is 1.83. The lowest BCUT2D eigenvalue weighted by Gasteiger charge is -2.18. The number of nitrogens with two attached hydrogens (primary N) is 1. The molecule has 0 radical (unpaired) electrons. The van der Waals surface area contributed by atoms with E-state index < -0.39 is 0 Å². The molecule has 2 heterocycles. The number of pyridine rings is 1. The second-order valence-corrected chi connectivity index (χ2v) is 5.39. The fourth-order valence-electron chi connectivity index (χ4n) is 1.90. The summed E-state index contributed by atoms with van der Waals surface area (Å²) in [5, 5.41) is 0.358. The number of amides is 1. The summed E-state index contributed by atoms with van der Waals surface area (Å²) in [4.78, 5) is 17.7. The Morgan fingerprint density at radius 1 is 1.71 bits per heavy atom. The smallest absolute Gasteiger partial charge is 0.227 e. The van der Waals surface area contributed by atoms with Gasteiger partial charge in [-0.05, 0) is 41.4 Å². The van der Waals surface area contributed by atoms with Crippen LogP contribution in [0.4, 0.5) is 5.69 Å². The summed E-state index contributed by atoms with van der Waals surface area (Å²) in [7, 11) is 0. The van der Waals surface area contributed by atoms with E-state index in [4.69, 9.17) is 17.3 Å². The quantitative estimate of drug-likeness (QED) is 0.850. The molecule has 1 unspecified atom stereocenters. The second kappa shape index (κ2) is 4.92. The Morgan fingerprint density at radius 3 is 3.00 bits per heavy atom. The molecular weight excluding hydrogens is 305 g/mol. The molecule has 0 saturated carbocycles. The number of aryl methyl sites for hydroxylation is 1. The van der Waals surface area contributed by atoms with Crippen LogP contribution in [-0.4, -0.2) is 24.0 Å². The predicted octanol–water partition coefficient (Wildman–Crippen LogP) is 2.12. The fourth-order valence-corrected chi connectivity index (χ4v) is 2.49. The van der Waals surface area contributed by atoms with Gasteiger partial charge in [-0.3, -0.25) is 4.79 Å². The molecule has 17 heavy (non-hydrogen) atoms. The van der Waals surface area contributed by atoms with Gasteiger partial charge in [0, 0.05) is 17.4 Å². The van der Waals surface area contributed by atoms with Gasteiger partial charge in [-0.1, -0.05) is 11.6 Å². The largest absolute Gasteiger partial charge is 0.330 e. The molecule has 0 spiro atoms. The van der Waals surface area contributed by atoms with Gasteiger partial charge in [0.05, 0.1) is 11.4 Å². The number of aromatic nitrogens is 1. The van der Waals surface area contributed by atoms with Gasteiger partial charge in [0.1, 0.15) is 0 Å². The number of carbonyl (C=O) groups excluding carboxylic acids is 1. The first-order valence-electron chi connectivity index (χ1n) is 5.36. The number of hydrogen-bond acceptors (Lipinski definition) is 3. The van der Waals surface area contributed by atoms with E-state index in [2.05, 4.69) is 20.9 Å². The topological polar surface area (TPSA) is 59.2 Å². The lowest BCUT2D eigenvalue weighted by molar-refractivity contribution is -0.117. The molecule has 1 atom stereocenters. The van der Waals surface area contributed by atoms with E-state index >= 15 is 0 Å². The third-order valence-corrected chi connectivity index (χ3v) is 4.00. The molecule has 0 aliphatic carbocycles. The van der Waals surface area contributed by atoms with E-state index in [-0.39, 0.29) is 11.8 Å². The van der Waals surface area contributed by atoms with Crippen LogP contribution in [0.5, 0.6) is 0 Å². The molecular formula is C11H13BrClN3O. The van der Waals surface area contributed by atoms with Crippen molar-refractivity contribution < 1.29 is 4.79 Å². The highest BCUT2D eigenvalue weighted by Crippen LogP contribution is 2.33. The van der Waals surface area contributed by atoms with Gasteiger partial charge in [0.15, 0.2) is 5.15 Å². The van der Waals surface area contributed by atoms with Crippen LogP contribution in [0, 0.1) is 12.8 Å². The van der Waals surface area contributed by atoms with Crippen LogP contribution in [0.2, 0.25) is 5.15 Å². The van der Waals surface area contributed by atoms with Crippen molar-refractivity contribution in [2.24, 2.45) is 11.7 Å². The van der Waals surface area contributed by atoms with Crippen molar-refractivity contribution in [3.63, 3.8) is 0 Å². The minimum atomic E-state index is 0.0555. The maximum absolute atomic E-state index is 11.9. The summed E-state index contributed by atoms with van der Waals surface area (Å²) in [5.74, 6) is 0.263. The lowest BCUT2D eigenvalue weighted by Crippen LogP contribution is -2.26. The Bertz CT molecular complexity index is 466. The van der Waals surface area contributed by atoms with Gasteiger partial charge in [-0.15, -0.1) is 0 Å². The number of nitrogens with zero attached hydrogens (tertiary/aromatic N) is 2. The molecule has 1 aliphatic rings. The third kappa shape index (κ3) is 2.46. The van der Waals surface area contributed by atoms with Gasteiger partial charge in [-0.25, -0.2) is 4.98 Å². The molecule has 6 heteroatoms. The molecule has 1 saturated heterocycles. The maximum Gasteiger partial charge on any atom is 0.227 e. The van der Waals surface area contributed by atoms with Gasteiger partial charge < -0.3 is 10.6 Å². The minimum absolute atomic E-state index is 0.0555. The Balaban J connectivity index is 2.35. The van der Waals surface area contributed by atoms with Crippen molar-refractivity contribution in [1.82, 2.24) is 4.98 Å². The van der Waals surface area contributed by atoms with Crippen LogP contribution in [-0.2, 0) is 4.79 Å². The van der Waals surface area contributed by atoms with E-state index in [1.165, 1.54) is 0 Å². The van der Waals surface area contributed by atoms with Crippen molar-refractivity contribution in [3.8, 4) is 0 Å². The predicted molar refractivity (Wildman–Crippen MR) is 71.2 cm³/mol. The highest BCUT2D eigenvalue weighted by atomic mass is 79.9. The average molecular weight is 319 g/mol. The highest BCUT2D eigenvalue weighted by molar-refractivity contribution is 9.10. The molecule has 1 fully saturated rings. The molecule has 4 nitrogen and oxygen atoms in total. The summed E-state index contributed by atoms with van der Waals surface area (Å²) in [6.45, 7) is 2.99. The van der Waals surface area contributed by atoms with E-state index in [1.54, 1.807) is 4.90 Å². The molecule has 2 rings (SSSR count). The monoisotopic (exact) mass is 317 g/mol. The van der Waals surface area contributed by atoms with Gasteiger partial charge >= 0.3 is 0 Å². The van der Waals surface area contributed by atoms with Crippen LogP contribution >= 0.6 is 27.5 Å². The summed E-state index contributed by atoms with van der Waals surface area (Å²) >= 11 is 9.48. The molecule has 0 aromatic carbocycles. The van der Waals surface area contributed by atoms with Crippen molar-refractivity contribution in [1.29, 1.82) is 0 Å². The van der Waals surface area contributed by atoms with Crippen molar-refractivity contribution in [2.45, 2.75) is 13.3 Å². The number of rotatable bonds is 2. The van der Waals surface area contributed by atoms with Gasteiger partial charge in [-0.2, -0.15) is 0 Å². The molecule has 1 aliphatic heterocycles. The number of halogens is 2. The standard InChI is InChI=1S/C11H13BrClN3O/c1-6-8(12)3-9(11(13)15-6)16-5-7(4-14)2-10(16)17/h3,7H,2,4-5,14H2,1H3. The summed E-state index contributed by atoms with van der Waals surface area (Å²) in [6.07, 6.45) is 0.484. The SMILES string of the molecule is Cc1nc(Cl)c(N2CC(CN)CC2=O)cc1Br. The van der Waals surface area contributed by atoms with Gasteiger partial charge in [0.25, 0.3) is 0 Å². The molecule has 1 aromatic heterocycles. The zero-order valence-electron chi connectivity index (χ0n) is 9.41. The van der Waals surface area contributed by atoms with Crippen LogP contribution < -0.4 is 10.6 Å². The lowest BCUT2D eigenvalue weighted by atomic mass is 10.1. The Kier molecular flexibility index (Phi) is 3.70. The van der Waals surface area contributed by atoms with Crippen LogP contribution in [0.1, 0.15) is 12.1 Å². The Morgan fingerprint density at radius 2 is 2.41 bits per heavy atom. The molecule has 1 aromatic rings. The van der Waals surface area contributed by atoms with Crippen LogP contribution in [0.3, 0.4) is 0 Å². The molecule has 92 valence electrons. The maximum atomic E-state index is 11.9. The first-order valence-corrected chi connectivity index (χ1v) is 6.53. The summed E-state index contributed by atoms with van der Waals surface area (Å²) < 4.78 is 0.848. The minimum Gasteiger partial charge on any atom is -0.330 e. The van der Waals surface area contributed by atoms with Crippen molar-refractivity contribution in [3.05, 3.63) is 21.4 Å². The van der Waals surface area contributed by atoms with Crippen LogP contribution in [0.15, 0.2) is 10.5 Å². The zero-order chi connectivity index (χ0) is 12.6. The first kappa shape index (κ1) is 12.8. The van der Waals surface area contributed by atoms with E-state index in [0.29, 0.717) is 30.4 Å². The van der Waals surface area contributed by atoms with E-state index in [0.717, 1.165) is 10.2 Å². The normalized spacial score (nSPS) is 20.1. The third-order valence-electron chi connectivity index (χ3n) is 2.92. The molecule has 1 amide bonds. The first-order chi connectivity index (χ1) is 8.02. The number of hydrogen-bond donors (Lipinski definition) is 1. The van der Waals surface area contributed by atoms with Gasteiger partial charge in [0.2, 0.25) is 5.91 Å². The average Bonchev–Trinajstić information content (AvgIpc) is 2.65. The fraction of sp³-hybridized carbons (Fsp3) is 0.455. The van der Waals surface area contributed by atoms with E-state index in [1.807, 2.05) is 13.0 Å². The Labute approximate surface area is 113 Å². The molecule has 2 N–H and O–H groups in total. The van der Waals surface area contributed by atoms with Crippen LogP contribution in [0.25, 0.3) is 0 Å². The van der Waals surface area contributed by atoms with Crippen molar-refractivity contribution >= 4 is 39.1 Å². The highest BCUT2D eigenvalue weighted by Gasteiger charge is 2.31.